The van der Waals surface area contributed by atoms with E-state index in [-0.39, 0.29) is 42.2 Å². The van der Waals surface area contributed by atoms with Gasteiger partial charge < -0.3 is 19.6 Å². The molecule has 2 saturated heterocycles. The Labute approximate surface area is 237 Å². The van der Waals surface area contributed by atoms with Gasteiger partial charge in [-0.2, -0.15) is 0 Å². The number of aliphatic hydroxyl groups excluding tert-OH is 1. The summed E-state index contributed by atoms with van der Waals surface area (Å²) >= 11 is 1.52. The molecule has 2 aromatic rings. The second kappa shape index (κ2) is 10.7. The van der Waals surface area contributed by atoms with Crippen LogP contribution in [-0.4, -0.2) is 89.5 Å². The summed E-state index contributed by atoms with van der Waals surface area (Å²) in [7, 11) is 0. The number of para-hydroxylation sites is 1. The SMILES string of the molecule is CC[C@H](C)[C@H](CO)N1C(=O)[C@@H]2[C@@H]3C(=O)OCCC/C=C\[C@@H]3S[C@@]23C=CCN(Cn2nnc4ccccc42)C(=O)C13. The molecule has 2 fully saturated rings. The van der Waals surface area contributed by atoms with Gasteiger partial charge in [0.25, 0.3) is 0 Å². The van der Waals surface area contributed by atoms with E-state index in [1.54, 1.807) is 14.5 Å². The number of carbonyl (C=O) groups excluding carboxylic acids is 3. The number of ether oxygens (including phenoxy) is 1. The maximum absolute atomic E-state index is 14.6. The van der Waals surface area contributed by atoms with Gasteiger partial charge in [-0.05, 0) is 30.9 Å². The molecular formula is C29H35N5O5S. The molecule has 5 heterocycles. The molecule has 1 N–H and O–H groups in total. The summed E-state index contributed by atoms with van der Waals surface area (Å²) in [4.78, 5) is 45.8. The molecule has 40 heavy (non-hydrogen) atoms. The highest BCUT2D eigenvalue weighted by atomic mass is 32.2. The zero-order valence-electron chi connectivity index (χ0n) is 22.8. The lowest BCUT2D eigenvalue weighted by Crippen LogP contribution is -2.58. The standard InChI is InChI=1S/C29H35N5O5S/c1-3-18(2)21(16-35)34-25-27(37)32(17-33-20-11-7-6-10-19(20)30-31-33)14-9-13-29(25)24(26(34)36)23-22(40-29)12-5-4-8-15-39-28(23)38/h5-7,9-13,18,21-25,35H,3-4,8,14-17H2,1-2H3/b12-5-/t18-,21-,22-,23+,24-,25?,29-/m0/s1. The third kappa shape index (κ3) is 4.16. The van der Waals surface area contributed by atoms with Gasteiger partial charge in [0, 0.05) is 11.8 Å². The van der Waals surface area contributed by atoms with Crippen LogP contribution >= 0.6 is 11.8 Å². The van der Waals surface area contributed by atoms with Gasteiger partial charge in [0.15, 0.2) is 0 Å². The molecule has 1 spiro atoms. The van der Waals surface area contributed by atoms with E-state index in [1.165, 1.54) is 11.8 Å². The van der Waals surface area contributed by atoms with Gasteiger partial charge >= 0.3 is 5.97 Å². The Morgan fingerprint density at radius 2 is 2.02 bits per heavy atom. The molecule has 212 valence electrons. The fraction of sp³-hybridized carbons (Fsp3) is 0.552. The van der Waals surface area contributed by atoms with Gasteiger partial charge in [-0.1, -0.05) is 61.9 Å². The first-order valence-electron chi connectivity index (χ1n) is 14.1. The highest BCUT2D eigenvalue weighted by Gasteiger charge is 2.71. The lowest BCUT2D eigenvalue weighted by molar-refractivity contribution is -0.154. The van der Waals surface area contributed by atoms with Crippen molar-refractivity contribution in [3.63, 3.8) is 0 Å². The number of fused-ring (bicyclic) bond motifs is 3. The van der Waals surface area contributed by atoms with E-state index in [4.69, 9.17) is 4.74 Å². The van der Waals surface area contributed by atoms with Crippen molar-refractivity contribution < 1.29 is 24.2 Å². The number of rotatable bonds is 6. The van der Waals surface area contributed by atoms with E-state index in [0.717, 1.165) is 30.3 Å². The number of aliphatic hydroxyl groups is 1. The quantitative estimate of drug-likeness (QED) is 0.419. The number of esters is 1. The fourth-order valence-electron chi connectivity index (χ4n) is 6.72. The van der Waals surface area contributed by atoms with Crippen molar-refractivity contribution in [2.75, 3.05) is 19.8 Å². The summed E-state index contributed by atoms with van der Waals surface area (Å²) in [5.74, 6) is -2.41. The Hall–Kier alpha value is -3.18. The minimum atomic E-state index is -0.966. The molecule has 1 aromatic carbocycles. The predicted molar refractivity (Wildman–Crippen MR) is 150 cm³/mol. The molecule has 6 rings (SSSR count). The van der Waals surface area contributed by atoms with Crippen molar-refractivity contribution >= 4 is 40.6 Å². The van der Waals surface area contributed by atoms with Crippen LogP contribution in [0.1, 0.15) is 33.1 Å². The Morgan fingerprint density at radius 3 is 2.83 bits per heavy atom. The van der Waals surface area contributed by atoms with Crippen molar-refractivity contribution in [3.8, 4) is 0 Å². The Balaban J connectivity index is 1.44. The normalized spacial score (nSPS) is 32.4. The maximum atomic E-state index is 14.6. The highest BCUT2D eigenvalue weighted by Crippen LogP contribution is 2.61. The molecule has 7 atom stereocenters. The topological polar surface area (TPSA) is 118 Å². The monoisotopic (exact) mass is 565 g/mol. The summed E-state index contributed by atoms with van der Waals surface area (Å²) in [6, 6.07) is 6.13. The minimum Gasteiger partial charge on any atom is -0.465 e. The van der Waals surface area contributed by atoms with E-state index >= 15 is 0 Å². The second-order valence-corrected chi connectivity index (χ2v) is 12.6. The first kappa shape index (κ1) is 27.0. The average molecular weight is 566 g/mol. The van der Waals surface area contributed by atoms with E-state index in [1.807, 2.05) is 56.3 Å². The van der Waals surface area contributed by atoms with Crippen LogP contribution in [0.5, 0.6) is 0 Å². The number of thioether (sulfide) groups is 1. The van der Waals surface area contributed by atoms with E-state index in [2.05, 4.69) is 16.4 Å². The van der Waals surface area contributed by atoms with Crippen LogP contribution in [0.2, 0.25) is 0 Å². The molecule has 0 radical (unpaired) electrons. The molecule has 0 saturated carbocycles. The van der Waals surface area contributed by atoms with E-state index in [0.29, 0.717) is 13.2 Å². The third-order valence-corrected chi connectivity index (χ3v) is 10.7. The van der Waals surface area contributed by atoms with Crippen molar-refractivity contribution in [2.45, 2.75) is 61.9 Å². The second-order valence-electron chi connectivity index (χ2n) is 11.1. The number of amides is 2. The van der Waals surface area contributed by atoms with Crippen LogP contribution in [0.4, 0.5) is 0 Å². The fourth-order valence-corrected chi connectivity index (χ4v) is 8.71. The highest BCUT2D eigenvalue weighted by molar-refractivity contribution is 8.02. The molecule has 4 aliphatic heterocycles. The molecule has 4 aliphatic rings. The number of aromatic nitrogens is 3. The van der Waals surface area contributed by atoms with Crippen molar-refractivity contribution in [1.29, 1.82) is 0 Å². The lowest BCUT2D eigenvalue weighted by Gasteiger charge is -2.40. The molecule has 10 nitrogen and oxygen atoms in total. The summed E-state index contributed by atoms with van der Waals surface area (Å²) in [5, 5.41) is 18.8. The molecular weight excluding hydrogens is 530 g/mol. The van der Waals surface area contributed by atoms with Crippen molar-refractivity contribution in [1.82, 2.24) is 24.8 Å². The van der Waals surface area contributed by atoms with Gasteiger partial charge in [-0.15, -0.1) is 16.9 Å². The number of nitrogens with zero attached hydrogens (tertiary/aromatic N) is 5. The predicted octanol–water partition coefficient (Wildman–Crippen LogP) is 2.38. The lowest BCUT2D eigenvalue weighted by atomic mass is 9.78. The number of allylic oxidation sites excluding steroid dienone is 1. The third-order valence-electron chi connectivity index (χ3n) is 8.94. The van der Waals surface area contributed by atoms with Gasteiger partial charge in [0.05, 0.1) is 41.4 Å². The van der Waals surface area contributed by atoms with Crippen molar-refractivity contribution in [3.05, 3.63) is 48.6 Å². The number of benzene rings is 1. The number of hydrogen-bond acceptors (Lipinski definition) is 8. The smallest absolute Gasteiger partial charge is 0.311 e. The number of cyclic esters (lactones) is 1. The number of carbonyl (C=O) groups is 3. The van der Waals surface area contributed by atoms with Crippen LogP contribution in [0.25, 0.3) is 11.0 Å². The molecule has 0 aliphatic carbocycles. The van der Waals surface area contributed by atoms with Gasteiger partial charge in [-0.3, -0.25) is 14.4 Å². The van der Waals surface area contributed by atoms with Crippen LogP contribution in [-0.2, 0) is 25.8 Å². The first-order chi connectivity index (χ1) is 19.4. The largest absolute Gasteiger partial charge is 0.465 e. The van der Waals surface area contributed by atoms with Crippen LogP contribution in [0.3, 0.4) is 0 Å². The molecule has 0 bridgehead atoms. The molecule has 1 aromatic heterocycles. The zero-order chi connectivity index (χ0) is 28.0. The summed E-state index contributed by atoms with van der Waals surface area (Å²) < 4.78 is 6.36. The first-order valence-corrected chi connectivity index (χ1v) is 15.0. The Morgan fingerprint density at radius 1 is 1.20 bits per heavy atom. The van der Waals surface area contributed by atoms with Gasteiger partial charge in [-0.25, -0.2) is 4.68 Å². The molecule has 2 amide bonds. The molecule has 11 heteroatoms. The van der Waals surface area contributed by atoms with E-state index < -0.39 is 28.7 Å². The zero-order valence-corrected chi connectivity index (χ0v) is 23.6. The van der Waals surface area contributed by atoms with Crippen LogP contribution < -0.4 is 0 Å². The number of likely N-dealkylation sites (tertiary alicyclic amines) is 1. The van der Waals surface area contributed by atoms with Gasteiger partial charge in [0.2, 0.25) is 11.8 Å². The maximum Gasteiger partial charge on any atom is 0.311 e. The summed E-state index contributed by atoms with van der Waals surface area (Å²) in [6.07, 6.45) is 10.2. The Kier molecular flexibility index (Phi) is 7.20. The minimum absolute atomic E-state index is 0.0502. The van der Waals surface area contributed by atoms with Crippen molar-refractivity contribution in [2.24, 2.45) is 17.8 Å². The van der Waals surface area contributed by atoms with Gasteiger partial charge in [0.1, 0.15) is 18.2 Å². The summed E-state index contributed by atoms with van der Waals surface area (Å²) in [5.41, 5.74) is 1.54. The summed E-state index contributed by atoms with van der Waals surface area (Å²) in [6.45, 7) is 4.51. The van der Waals surface area contributed by atoms with Crippen LogP contribution in [0.15, 0.2) is 48.6 Å². The van der Waals surface area contributed by atoms with E-state index in [9.17, 15) is 19.5 Å². The van der Waals surface area contributed by atoms with Crippen LogP contribution in [0, 0.1) is 17.8 Å². The average Bonchev–Trinajstić information content (AvgIpc) is 3.56. The Bertz CT molecular complexity index is 1380. The molecule has 1 unspecified atom stereocenters. The number of hydrogen-bond donors (Lipinski definition) is 1.